The topological polar surface area (TPSA) is 22.0 Å². The van der Waals surface area contributed by atoms with E-state index in [1.807, 2.05) is 26.0 Å². The molecule has 1 aromatic carbocycles. The molecular weight excluding hydrogens is 297 g/mol. The van der Waals surface area contributed by atoms with Crippen molar-refractivity contribution in [2.45, 2.75) is 20.4 Å². The van der Waals surface area contributed by atoms with Crippen molar-refractivity contribution in [2.24, 2.45) is 0 Å². The van der Waals surface area contributed by atoms with Gasteiger partial charge in [0.15, 0.2) is 0 Å². The van der Waals surface area contributed by atoms with Crippen molar-refractivity contribution in [3.05, 3.63) is 67.8 Å². The summed E-state index contributed by atoms with van der Waals surface area (Å²) in [7, 11) is 0. The predicted molar refractivity (Wildman–Crippen MR) is 73.4 cm³/mol. The molecule has 0 N–H and O–H groups in total. The van der Waals surface area contributed by atoms with Gasteiger partial charge in [-0.05, 0) is 59.1 Å². The molecule has 94 valence electrons. The Morgan fingerprint density at radius 3 is 2.67 bits per heavy atom. The number of hydrogen-bond acceptors (Lipinski definition) is 1. The van der Waals surface area contributed by atoms with Gasteiger partial charge in [-0.25, -0.2) is 4.39 Å². The molecule has 2 rings (SSSR count). The third kappa shape index (κ3) is 2.53. The molecule has 0 amide bonds. The summed E-state index contributed by atoms with van der Waals surface area (Å²) in [5.74, 6) is -0.288. The van der Waals surface area contributed by atoms with Gasteiger partial charge in [0.1, 0.15) is 5.82 Å². The Morgan fingerprint density at radius 2 is 2.00 bits per heavy atom. The summed E-state index contributed by atoms with van der Waals surface area (Å²) in [6.07, 6.45) is 0. The fourth-order valence-electron chi connectivity index (χ4n) is 1.92. The molecule has 0 fully saturated rings. The lowest BCUT2D eigenvalue weighted by Crippen LogP contribution is -2.24. The molecular formula is C14H13BrFNO. The normalized spacial score (nSPS) is 10.7. The molecule has 0 atom stereocenters. The molecule has 0 aliphatic heterocycles. The van der Waals surface area contributed by atoms with E-state index in [1.165, 1.54) is 12.1 Å². The van der Waals surface area contributed by atoms with Crippen molar-refractivity contribution in [2.75, 3.05) is 0 Å². The van der Waals surface area contributed by atoms with Crippen molar-refractivity contribution < 1.29 is 4.39 Å². The zero-order chi connectivity index (χ0) is 13.3. The summed E-state index contributed by atoms with van der Waals surface area (Å²) in [5.41, 5.74) is 2.46. The van der Waals surface area contributed by atoms with Crippen molar-refractivity contribution in [1.29, 1.82) is 0 Å². The van der Waals surface area contributed by atoms with Crippen LogP contribution >= 0.6 is 15.9 Å². The number of rotatable bonds is 2. The number of pyridine rings is 1. The number of aryl methyl sites for hydroxylation is 2. The molecule has 18 heavy (non-hydrogen) atoms. The Bertz CT molecular complexity index is 649. The molecule has 0 aliphatic rings. The van der Waals surface area contributed by atoms with Crippen LogP contribution in [0.25, 0.3) is 0 Å². The summed E-state index contributed by atoms with van der Waals surface area (Å²) >= 11 is 3.28. The van der Waals surface area contributed by atoms with E-state index in [0.29, 0.717) is 11.0 Å². The van der Waals surface area contributed by atoms with Gasteiger partial charge in [-0.1, -0.05) is 12.1 Å². The minimum Gasteiger partial charge on any atom is -0.308 e. The van der Waals surface area contributed by atoms with E-state index in [1.54, 1.807) is 10.6 Å². The van der Waals surface area contributed by atoms with Crippen molar-refractivity contribution in [3.63, 3.8) is 0 Å². The average Bonchev–Trinajstić information content (AvgIpc) is 2.32. The summed E-state index contributed by atoms with van der Waals surface area (Å²) < 4.78 is 15.3. The smallest absolute Gasteiger partial charge is 0.265 e. The van der Waals surface area contributed by atoms with E-state index in [4.69, 9.17) is 0 Å². The summed E-state index contributed by atoms with van der Waals surface area (Å²) in [6.45, 7) is 4.13. The molecule has 2 nitrogen and oxygen atoms in total. The van der Waals surface area contributed by atoms with Gasteiger partial charge in [-0.3, -0.25) is 4.79 Å². The van der Waals surface area contributed by atoms with Crippen LogP contribution in [0, 0.1) is 19.7 Å². The van der Waals surface area contributed by atoms with Crippen LogP contribution in [0.3, 0.4) is 0 Å². The van der Waals surface area contributed by atoms with Crippen molar-refractivity contribution in [3.8, 4) is 0 Å². The Morgan fingerprint density at radius 1 is 1.28 bits per heavy atom. The van der Waals surface area contributed by atoms with Gasteiger partial charge in [0, 0.05) is 5.69 Å². The minimum absolute atomic E-state index is 0.0863. The van der Waals surface area contributed by atoms with E-state index in [-0.39, 0.29) is 11.4 Å². The lowest BCUT2D eigenvalue weighted by atomic mass is 10.2. The number of aromatic nitrogens is 1. The average molecular weight is 310 g/mol. The molecule has 0 saturated heterocycles. The highest BCUT2D eigenvalue weighted by molar-refractivity contribution is 9.10. The van der Waals surface area contributed by atoms with Crippen LogP contribution < -0.4 is 5.56 Å². The molecule has 0 unspecified atom stereocenters. The minimum atomic E-state index is -0.288. The first kappa shape index (κ1) is 13.0. The van der Waals surface area contributed by atoms with Crippen LogP contribution in [0.1, 0.15) is 16.8 Å². The fourth-order valence-corrected chi connectivity index (χ4v) is 2.24. The molecule has 4 heteroatoms. The first-order chi connectivity index (χ1) is 8.49. The van der Waals surface area contributed by atoms with Gasteiger partial charge in [-0.2, -0.15) is 0 Å². The summed E-state index contributed by atoms with van der Waals surface area (Å²) in [5, 5.41) is 0. The number of nitrogens with zero attached hydrogens (tertiary/aromatic N) is 1. The van der Waals surface area contributed by atoms with Crippen LogP contribution in [-0.4, -0.2) is 4.57 Å². The summed E-state index contributed by atoms with van der Waals surface area (Å²) in [6, 6.07) is 8.23. The Balaban J connectivity index is 2.47. The lowest BCUT2D eigenvalue weighted by Gasteiger charge is -2.12. The van der Waals surface area contributed by atoms with E-state index < -0.39 is 0 Å². The fraction of sp³-hybridized carbons (Fsp3) is 0.214. The standard InChI is InChI=1S/C14H13BrFNO/c1-9-6-10(2)17(14(18)13(9)15)8-11-4-3-5-12(16)7-11/h3-7H,8H2,1-2H3. The largest absolute Gasteiger partial charge is 0.308 e. The van der Waals surface area contributed by atoms with E-state index in [2.05, 4.69) is 15.9 Å². The molecule has 0 spiro atoms. The van der Waals surface area contributed by atoms with Gasteiger partial charge >= 0.3 is 0 Å². The second-order valence-electron chi connectivity index (χ2n) is 4.30. The highest BCUT2D eigenvalue weighted by Crippen LogP contribution is 2.14. The molecule has 0 saturated carbocycles. The molecule has 2 aromatic rings. The first-order valence-electron chi connectivity index (χ1n) is 5.60. The van der Waals surface area contributed by atoms with Gasteiger partial charge < -0.3 is 4.57 Å². The monoisotopic (exact) mass is 309 g/mol. The third-order valence-corrected chi connectivity index (χ3v) is 3.82. The van der Waals surface area contributed by atoms with Gasteiger partial charge in [0.2, 0.25) is 0 Å². The Kier molecular flexibility index (Phi) is 3.66. The zero-order valence-corrected chi connectivity index (χ0v) is 11.8. The predicted octanol–water partition coefficient (Wildman–Crippen LogP) is 3.42. The third-order valence-electron chi connectivity index (χ3n) is 2.86. The highest BCUT2D eigenvalue weighted by atomic mass is 79.9. The van der Waals surface area contributed by atoms with Crippen LogP contribution in [-0.2, 0) is 6.54 Å². The molecule has 0 radical (unpaired) electrons. The Labute approximate surface area is 113 Å². The maximum absolute atomic E-state index is 13.1. The van der Waals surface area contributed by atoms with Crippen LogP contribution in [0.4, 0.5) is 4.39 Å². The number of hydrogen-bond donors (Lipinski definition) is 0. The van der Waals surface area contributed by atoms with Gasteiger partial charge in [-0.15, -0.1) is 0 Å². The first-order valence-corrected chi connectivity index (χ1v) is 6.39. The molecule has 1 heterocycles. The second kappa shape index (κ2) is 5.06. The van der Waals surface area contributed by atoms with E-state index >= 15 is 0 Å². The quantitative estimate of drug-likeness (QED) is 0.833. The van der Waals surface area contributed by atoms with Crippen LogP contribution in [0.2, 0.25) is 0 Å². The SMILES string of the molecule is Cc1cc(C)n(Cc2cccc(F)c2)c(=O)c1Br. The van der Waals surface area contributed by atoms with Gasteiger partial charge in [0.25, 0.3) is 5.56 Å². The maximum atomic E-state index is 13.1. The molecule has 0 aliphatic carbocycles. The van der Waals surface area contributed by atoms with E-state index in [0.717, 1.165) is 16.8 Å². The maximum Gasteiger partial charge on any atom is 0.265 e. The zero-order valence-electron chi connectivity index (χ0n) is 10.2. The van der Waals surface area contributed by atoms with Crippen molar-refractivity contribution >= 4 is 15.9 Å². The van der Waals surface area contributed by atoms with Crippen molar-refractivity contribution in [1.82, 2.24) is 4.57 Å². The van der Waals surface area contributed by atoms with Crippen LogP contribution in [0.5, 0.6) is 0 Å². The molecule has 1 aromatic heterocycles. The highest BCUT2D eigenvalue weighted by Gasteiger charge is 2.08. The molecule has 0 bridgehead atoms. The summed E-state index contributed by atoms with van der Waals surface area (Å²) in [4.78, 5) is 12.1. The lowest BCUT2D eigenvalue weighted by molar-refractivity contribution is 0.621. The number of benzene rings is 1. The Hall–Kier alpha value is -1.42. The van der Waals surface area contributed by atoms with Crippen LogP contribution in [0.15, 0.2) is 39.6 Å². The van der Waals surface area contributed by atoms with E-state index in [9.17, 15) is 9.18 Å². The number of halogens is 2. The second-order valence-corrected chi connectivity index (χ2v) is 5.10. The van der Waals surface area contributed by atoms with Gasteiger partial charge in [0.05, 0.1) is 11.0 Å².